The van der Waals surface area contributed by atoms with Gasteiger partial charge in [0.05, 0.1) is 27.4 Å². The third-order valence-corrected chi connectivity index (χ3v) is 4.50. The van der Waals surface area contributed by atoms with Gasteiger partial charge in [-0.15, -0.1) is 0 Å². The lowest BCUT2D eigenvalue weighted by Gasteiger charge is -2.15. The molecule has 8 heteroatoms. The fourth-order valence-electron chi connectivity index (χ4n) is 2.86. The molecule has 0 radical (unpaired) electrons. The summed E-state index contributed by atoms with van der Waals surface area (Å²) < 4.78 is 15.9. The zero-order valence-electron chi connectivity index (χ0n) is 17.1. The molecular weight excluding hydrogens is 372 g/mol. The number of carbonyl (C=O) groups is 1. The third-order valence-electron chi connectivity index (χ3n) is 4.50. The molecular formula is C21H24N4O4. The summed E-state index contributed by atoms with van der Waals surface area (Å²) in [6.45, 7) is 3.85. The van der Waals surface area contributed by atoms with Crippen LogP contribution in [0.2, 0.25) is 0 Å². The van der Waals surface area contributed by atoms with Crippen LogP contribution in [0.4, 0.5) is 0 Å². The summed E-state index contributed by atoms with van der Waals surface area (Å²) in [7, 11) is 4.52. The van der Waals surface area contributed by atoms with Crippen LogP contribution in [0, 0.1) is 6.92 Å². The summed E-state index contributed by atoms with van der Waals surface area (Å²) in [5.74, 6) is 2.08. The SMILES string of the molecule is COc1cc(C(=O)NC(C)c2nc(-c3ccc(C)cc3)n[nH]2)cc(OC)c1OC. The molecule has 1 atom stereocenters. The minimum Gasteiger partial charge on any atom is -0.493 e. The van der Waals surface area contributed by atoms with E-state index in [0.29, 0.717) is 34.5 Å². The van der Waals surface area contributed by atoms with Crippen molar-refractivity contribution >= 4 is 5.91 Å². The van der Waals surface area contributed by atoms with Crippen molar-refractivity contribution in [3.8, 4) is 28.6 Å². The Kier molecular flexibility index (Phi) is 6.01. The second kappa shape index (κ2) is 8.64. The van der Waals surface area contributed by atoms with E-state index in [-0.39, 0.29) is 11.9 Å². The average molecular weight is 396 g/mol. The Bertz CT molecular complexity index is 973. The molecule has 1 unspecified atom stereocenters. The van der Waals surface area contributed by atoms with Crippen LogP contribution in [-0.4, -0.2) is 42.4 Å². The molecule has 0 aliphatic heterocycles. The van der Waals surface area contributed by atoms with E-state index in [1.54, 1.807) is 12.1 Å². The monoisotopic (exact) mass is 396 g/mol. The van der Waals surface area contributed by atoms with Crippen molar-refractivity contribution in [2.75, 3.05) is 21.3 Å². The van der Waals surface area contributed by atoms with Gasteiger partial charge < -0.3 is 19.5 Å². The number of nitrogens with one attached hydrogen (secondary N) is 2. The Hall–Kier alpha value is -3.55. The van der Waals surface area contributed by atoms with E-state index in [9.17, 15) is 4.79 Å². The van der Waals surface area contributed by atoms with Crippen molar-refractivity contribution in [1.82, 2.24) is 20.5 Å². The number of H-pyrrole nitrogens is 1. The van der Waals surface area contributed by atoms with Gasteiger partial charge in [0.1, 0.15) is 5.82 Å². The van der Waals surface area contributed by atoms with Gasteiger partial charge in [-0.05, 0) is 26.0 Å². The molecule has 3 rings (SSSR count). The molecule has 152 valence electrons. The highest BCUT2D eigenvalue weighted by Crippen LogP contribution is 2.38. The van der Waals surface area contributed by atoms with Gasteiger partial charge in [0.25, 0.3) is 5.91 Å². The van der Waals surface area contributed by atoms with Crippen molar-refractivity contribution < 1.29 is 19.0 Å². The van der Waals surface area contributed by atoms with Crippen LogP contribution in [0.1, 0.15) is 34.7 Å². The van der Waals surface area contributed by atoms with Gasteiger partial charge in [-0.2, -0.15) is 5.10 Å². The summed E-state index contributed by atoms with van der Waals surface area (Å²) in [5.41, 5.74) is 2.45. The second-order valence-corrected chi connectivity index (χ2v) is 6.52. The fourth-order valence-corrected chi connectivity index (χ4v) is 2.86. The Morgan fingerprint density at radius 3 is 2.21 bits per heavy atom. The average Bonchev–Trinajstić information content (AvgIpc) is 3.23. The van der Waals surface area contributed by atoms with Crippen molar-refractivity contribution in [1.29, 1.82) is 0 Å². The Balaban J connectivity index is 1.78. The quantitative estimate of drug-likeness (QED) is 0.636. The van der Waals surface area contributed by atoms with E-state index >= 15 is 0 Å². The predicted octanol–water partition coefficient (Wildman–Crippen LogP) is 3.30. The summed E-state index contributed by atoms with van der Waals surface area (Å²) >= 11 is 0. The van der Waals surface area contributed by atoms with E-state index in [1.807, 2.05) is 38.1 Å². The highest BCUT2D eigenvalue weighted by atomic mass is 16.5. The highest BCUT2D eigenvalue weighted by Gasteiger charge is 2.20. The van der Waals surface area contributed by atoms with Gasteiger partial charge in [0.15, 0.2) is 17.3 Å². The lowest BCUT2D eigenvalue weighted by atomic mass is 10.1. The first kappa shape index (κ1) is 20.2. The summed E-state index contributed by atoms with van der Waals surface area (Å²) in [4.78, 5) is 17.3. The van der Waals surface area contributed by atoms with Crippen LogP contribution in [-0.2, 0) is 0 Å². The number of aromatic amines is 1. The maximum Gasteiger partial charge on any atom is 0.252 e. The molecule has 1 aromatic heterocycles. The van der Waals surface area contributed by atoms with Gasteiger partial charge in [0.2, 0.25) is 5.75 Å². The summed E-state index contributed by atoms with van der Waals surface area (Å²) in [6, 6.07) is 10.7. The Morgan fingerprint density at radius 2 is 1.66 bits per heavy atom. The van der Waals surface area contributed by atoms with E-state index in [1.165, 1.54) is 21.3 Å². The normalized spacial score (nSPS) is 11.6. The summed E-state index contributed by atoms with van der Waals surface area (Å²) in [5, 5.41) is 10.0. The molecule has 29 heavy (non-hydrogen) atoms. The molecule has 1 amide bonds. The number of aromatic nitrogens is 3. The maximum atomic E-state index is 12.8. The molecule has 0 fully saturated rings. The van der Waals surface area contributed by atoms with Crippen LogP contribution in [0.15, 0.2) is 36.4 Å². The second-order valence-electron chi connectivity index (χ2n) is 6.52. The number of hydrogen-bond acceptors (Lipinski definition) is 6. The number of hydrogen-bond donors (Lipinski definition) is 2. The third kappa shape index (κ3) is 4.31. The van der Waals surface area contributed by atoms with Crippen LogP contribution < -0.4 is 19.5 Å². The van der Waals surface area contributed by atoms with Gasteiger partial charge in [-0.1, -0.05) is 29.8 Å². The van der Waals surface area contributed by atoms with Crippen LogP contribution >= 0.6 is 0 Å². The highest BCUT2D eigenvalue weighted by molar-refractivity contribution is 5.95. The number of rotatable bonds is 7. The lowest BCUT2D eigenvalue weighted by molar-refractivity contribution is 0.0937. The molecule has 1 heterocycles. The fraction of sp³-hybridized carbons (Fsp3) is 0.286. The molecule has 0 aliphatic carbocycles. The van der Waals surface area contributed by atoms with Gasteiger partial charge in [-0.3, -0.25) is 9.89 Å². The number of benzene rings is 2. The van der Waals surface area contributed by atoms with Crippen molar-refractivity contribution in [3.05, 3.63) is 53.3 Å². The van der Waals surface area contributed by atoms with Crippen molar-refractivity contribution in [2.45, 2.75) is 19.9 Å². The number of carbonyl (C=O) groups excluding carboxylic acids is 1. The van der Waals surface area contributed by atoms with E-state index < -0.39 is 0 Å². The smallest absolute Gasteiger partial charge is 0.252 e. The maximum absolute atomic E-state index is 12.8. The Morgan fingerprint density at radius 1 is 1.03 bits per heavy atom. The first-order valence-electron chi connectivity index (χ1n) is 9.07. The van der Waals surface area contributed by atoms with Gasteiger partial charge in [-0.25, -0.2) is 4.98 Å². The van der Waals surface area contributed by atoms with Crippen molar-refractivity contribution in [3.63, 3.8) is 0 Å². The van der Waals surface area contributed by atoms with E-state index in [0.717, 1.165) is 11.1 Å². The molecule has 0 saturated heterocycles. The number of aryl methyl sites for hydroxylation is 1. The number of amides is 1. The van der Waals surface area contributed by atoms with E-state index in [4.69, 9.17) is 14.2 Å². The zero-order valence-corrected chi connectivity index (χ0v) is 17.1. The summed E-state index contributed by atoms with van der Waals surface area (Å²) in [6.07, 6.45) is 0. The van der Waals surface area contributed by atoms with Gasteiger partial charge in [0, 0.05) is 11.1 Å². The van der Waals surface area contributed by atoms with Crippen LogP contribution in [0.5, 0.6) is 17.2 Å². The molecule has 3 aromatic rings. The molecule has 8 nitrogen and oxygen atoms in total. The zero-order chi connectivity index (χ0) is 21.0. The largest absolute Gasteiger partial charge is 0.493 e. The lowest BCUT2D eigenvalue weighted by Crippen LogP contribution is -2.27. The molecule has 0 spiro atoms. The number of ether oxygens (including phenoxy) is 3. The van der Waals surface area contributed by atoms with Gasteiger partial charge >= 0.3 is 0 Å². The molecule has 2 N–H and O–H groups in total. The van der Waals surface area contributed by atoms with Crippen LogP contribution in [0.3, 0.4) is 0 Å². The topological polar surface area (TPSA) is 98.4 Å². The number of nitrogens with zero attached hydrogens (tertiary/aromatic N) is 2. The minimum absolute atomic E-state index is 0.301. The molecule has 0 saturated carbocycles. The van der Waals surface area contributed by atoms with Crippen LogP contribution in [0.25, 0.3) is 11.4 Å². The predicted molar refractivity (Wildman–Crippen MR) is 109 cm³/mol. The molecule has 0 bridgehead atoms. The van der Waals surface area contributed by atoms with E-state index in [2.05, 4.69) is 20.5 Å². The Labute approximate surface area is 169 Å². The first-order valence-corrected chi connectivity index (χ1v) is 9.07. The number of methoxy groups -OCH3 is 3. The standard InChI is InChI=1S/C21H24N4O4/c1-12-6-8-14(9-7-12)20-23-19(24-25-20)13(2)22-21(26)15-10-16(27-3)18(29-5)17(11-15)28-4/h6-11,13H,1-5H3,(H,22,26)(H,23,24,25). The first-order chi connectivity index (χ1) is 14.0. The van der Waals surface area contributed by atoms with Crippen molar-refractivity contribution in [2.24, 2.45) is 0 Å². The molecule has 2 aromatic carbocycles. The minimum atomic E-state index is -0.381. The molecule has 0 aliphatic rings.